The molecule has 212 valence electrons. The van der Waals surface area contributed by atoms with Crippen molar-refractivity contribution >= 4 is 34.0 Å². The zero-order valence-electron chi connectivity index (χ0n) is 23.3. The van der Waals surface area contributed by atoms with Gasteiger partial charge in [-0.25, -0.2) is 0 Å². The fraction of sp³-hybridized carbons (Fsp3) is 0.312. The number of rotatable bonds is 9. The van der Waals surface area contributed by atoms with Crippen molar-refractivity contribution in [2.45, 2.75) is 45.6 Å². The maximum absolute atomic E-state index is 13.7. The molecule has 9 nitrogen and oxygen atoms in total. The summed E-state index contributed by atoms with van der Waals surface area (Å²) < 4.78 is 17.3. The Morgan fingerprint density at radius 2 is 1.83 bits per heavy atom. The maximum atomic E-state index is 13.7. The molecule has 0 fully saturated rings. The van der Waals surface area contributed by atoms with Gasteiger partial charge in [-0.3, -0.25) is 19.2 Å². The van der Waals surface area contributed by atoms with Crippen LogP contribution in [0, 0.1) is 5.92 Å². The number of hydrogen-bond donors (Lipinski definition) is 2. The van der Waals surface area contributed by atoms with Crippen LogP contribution in [-0.2, 0) is 26.3 Å². The Kier molecular flexibility index (Phi) is 7.29. The van der Waals surface area contributed by atoms with E-state index in [2.05, 4.69) is 12.2 Å². The van der Waals surface area contributed by atoms with Gasteiger partial charge in [0.1, 0.15) is 45.7 Å². The number of phenols is 1. The second-order valence-corrected chi connectivity index (χ2v) is 10.4. The van der Waals surface area contributed by atoms with Crippen molar-refractivity contribution in [2.75, 3.05) is 13.7 Å². The number of ketones is 3. The summed E-state index contributed by atoms with van der Waals surface area (Å²) in [6, 6.07) is 12.8. The van der Waals surface area contributed by atoms with Crippen LogP contribution in [0.25, 0.3) is 10.8 Å². The van der Waals surface area contributed by atoms with E-state index >= 15 is 0 Å². The van der Waals surface area contributed by atoms with Crippen LogP contribution < -0.4 is 19.5 Å². The number of nitrogens with one attached hydrogen (secondary N) is 1. The average molecular weight is 558 g/mol. The quantitative estimate of drug-likeness (QED) is 0.290. The maximum Gasteiger partial charge on any atom is 0.259 e. The molecule has 0 saturated heterocycles. The molecular weight excluding hydrogens is 526 g/mol. The minimum absolute atomic E-state index is 0.0116. The third-order valence-electron chi connectivity index (χ3n) is 7.76. The first-order valence-corrected chi connectivity index (χ1v) is 13.5. The number of carbonyl (C=O) groups is 4. The molecule has 41 heavy (non-hydrogen) atoms. The zero-order chi connectivity index (χ0) is 29.5. The molecule has 2 aliphatic rings. The van der Waals surface area contributed by atoms with Crippen LogP contribution in [-0.4, -0.2) is 42.1 Å². The van der Waals surface area contributed by atoms with Gasteiger partial charge < -0.3 is 24.6 Å². The summed E-state index contributed by atoms with van der Waals surface area (Å²) in [6.07, 6.45) is 3.06. The molecule has 0 spiro atoms. The fourth-order valence-corrected chi connectivity index (χ4v) is 5.56. The Bertz CT molecular complexity index is 1640. The molecule has 1 amide bonds. The Morgan fingerprint density at radius 1 is 1.10 bits per heavy atom. The Balaban J connectivity index is 1.51. The average Bonchev–Trinajstić information content (AvgIpc) is 3.25. The molecule has 2 atom stereocenters. The molecule has 0 saturated carbocycles. The van der Waals surface area contributed by atoms with Crippen molar-refractivity contribution in [3.63, 3.8) is 0 Å². The van der Waals surface area contributed by atoms with Crippen molar-refractivity contribution < 1.29 is 38.5 Å². The lowest BCUT2D eigenvalue weighted by Gasteiger charge is -2.30. The SMILES string of the molecule is CCCCOc1ccc(CNC(=O)c2c(OC)cc(O)c3c2OC2=CC(=O)C(C(C)=O)C(=O)[C@]23C)c2ccccc12. The van der Waals surface area contributed by atoms with Crippen molar-refractivity contribution in [3.8, 4) is 23.0 Å². The fourth-order valence-electron chi connectivity index (χ4n) is 5.56. The van der Waals surface area contributed by atoms with Crippen LogP contribution in [0.1, 0.15) is 55.1 Å². The van der Waals surface area contributed by atoms with Gasteiger partial charge in [-0.05, 0) is 37.3 Å². The van der Waals surface area contributed by atoms with E-state index in [0.29, 0.717) is 6.61 Å². The van der Waals surface area contributed by atoms with E-state index in [0.717, 1.165) is 41.0 Å². The van der Waals surface area contributed by atoms with E-state index in [4.69, 9.17) is 14.2 Å². The summed E-state index contributed by atoms with van der Waals surface area (Å²) in [7, 11) is 1.34. The highest BCUT2D eigenvalue weighted by Crippen LogP contribution is 2.56. The van der Waals surface area contributed by atoms with Crippen LogP contribution >= 0.6 is 0 Å². The van der Waals surface area contributed by atoms with Crippen molar-refractivity contribution in [3.05, 3.63) is 71.0 Å². The normalized spacial score (nSPS) is 19.2. The number of methoxy groups -OCH3 is 1. The van der Waals surface area contributed by atoms with Crippen LogP contribution in [0.15, 0.2) is 54.3 Å². The number of fused-ring (bicyclic) bond motifs is 4. The molecule has 3 aromatic carbocycles. The highest BCUT2D eigenvalue weighted by Gasteiger charge is 2.58. The number of carbonyl (C=O) groups excluding carboxylic acids is 4. The van der Waals surface area contributed by atoms with Gasteiger partial charge in [-0.2, -0.15) is 0 Å². The number of allylic oxidation sites excluding steroid dienone is 2. The second-order valence-electron chi connectivity index (χ2n) is 10.4. The second kappa shape index (κ2) is 10.7. The number of amides is 1. The number of benzene rings is 3. The van der Waals surface area contributed by atoms with Gasteiger partial charge in [0.05, 0.1) is 19.3 Å². The number of unbranched alkanes of at least 4 members (excludes halogenated alkanes) is 1. The van der Waals surface area contributed by atoms with Crippen LogP contribution in [0.4, 0.5) is 0 Å². The van der Waals surface area contributed by atoms with Crippen LogP contribution in [0.2, 0.25) is 0 Å². The Morgan fingerprint density at radius 3 is 2.51 bits per heavy atom. The van der Waals surface area contributed by atoms with E-state index in [-0.39, 0.29) is 40.7 Å². The van der Waals surface area contributed by atoms with Crippen LogP contribution in [0.3, 0.4) is 0 Å². The predicted octanol–water partition coefficient (Wildman–Crippen LogP) is 4.55. The van der Waals surface area contributed by atoms with Crippen molar-refractivity contribution in [2.24, 2.45) is 5.92 Å². The lowest BCUT2D eigenvalue weighted by Crippen LogP contribution is -2.47. The van der Waals surface area contributed by atoms with Gasteiger partial charge in [-0.1, -0.05) is 43.7 Å². The third kappa shape index (κ3) is 4.51. The minimum Gasteiger partial charge on any atom is -0.507 e. The molecule has 3 aromatic rings. The zero-order valence-corrected chi connectivity index (χ0v) is 23.3. The lowest BCUT2D eigenvalue weighted by atomic mass is 9.67. The Hall–Kier alpha value is -4.66. The predicted molar refractivity (Wildman–Crippen MR) is 150 cm³/mol. The molecule has 0 radical (unpaired) electrons. The smallest absolute Gasteiger partial charge is 0.259 e. The molecule has 5 rings (SSSR count). The molecule has 9 heteroatoms. The molecule has 1 aliphatic heterocycles. The standard InChI is InChI=1S/C32H31NO8/c1-5-6-13-40-23-12-11-18(19-9-7-8-10-20(19)23)16-33-31(38)27-24(39-4)14-22(36)28-29(27)41-25-15-21(35)26(17(2)34)30(37)32(25,28)3/h7-12,14-15,26,36H,5-6,13,16H2,1-4H3,(H,33,38)/t26?,32-/m1/s1. The summed E-state index contributed by atoms with van der Waals surface area (Å²) in [5.41, 5.74) is -0.812. The molecule has 2 N–H and O–H groups in total. The van der Waals surface area contributed by atoms with E-state index in [1.165, 1.54) is 27.0 Å². The number of Topliss-reactive ketones (excluding diaryl/α,β-unsaturated/α-hetero) is 2. The minimum atomic E-state index is -1.63. The van der Waals surface area contributed by atoms with E-state index in [9.17, 15) is 24.3 Å². The van der Waals surface area contributed by atoms with Gasteiger partial charge in [0, 0.05) is 24.1 Å². The highest BCUT2D eigenvalue weighted by atomic mass is 16.5. The summed E-state index contributed by atoms with van der Waals surface area (Å²) in [5, 5.41) is 15.7. The Labute approximate surface area is 237 Å². The van der Waals surface area contributed by atoms with Gasteiger partial charge >= 0.3 is 0 Å². The molecule has 0 bridgehead atoms. The number of aromatic hydroxyl groups is 1. The summed E-state index contributed by atoms with van der Waals surface area (Å²) in [5.74, 6) is -3.82. The number of phenolic OH excluding ortho intramolecular Hbond substituents is 1. The molecule has 1 unspecified atom stereocenters. The lowest BCUT2D eigenvalue weighted by molar-refractivity contribution is -0.140. The first-order valence-electron chi connectivity index (χ1n) is 13.5. The van der Waals surface area contributed by atoms with Gasteiger partial charge in [-0.15, -0.1) is 0 Å². The van der Waals surface area contributed by atoms with Crippen LogP contribution in [0.5, 0.6) is 23.0 Å². The first kappa shape index (κ1) is 27.9. The summed E-state index contributed by atoms with van der Waals surface area (Å²) in [4.78, 5) is 51.9. The first-order chi connectivity index (χ1) is 19.6. The molecule has 1 aliphatic carbocycles. The topological polar surface area (TPSA) is 128 Å². The number of ether oxygens (including phenoxy) is 3. The molecule has 0 aromatic heterocycles. The van der Waals surface area contributed by atoms with E-state index < -0.39 is 34.6 Å². The largest absolute Gasteiger partial charge is 0.507 e. The van der Waals surface area contributed by atoms with Gasteiger partial charge in [0.25, 0.3) is 5.91 Å². The monoisotopic (exact) mass is 557 g/mol. The number of hydrogen-bond acceptors (Lipinski definition) is 8. The van der Waals surface area contributed by atoms with Crippen molar-refractivity contribution in [1.29, 1.82) is 0 Å². The van der Waals surface area contributed by atoms with E-state index in [1.807, 2.05) is 36.4 Å². The van der Waals surface area contributed by atoms with E-state index in [1.54, 1.807) is 0 Å². The molecular formula is C32H31NO8. The highest BCUT2D eigenvalue weighted by molar-refractivity contribution is 6.27. The van der Waals surface area contributed by atoms with Gasteiger partial charge in [0.2, 0.25) is 0 Å². The third-order valence-corrected chi connectivity index (χ3v) is 7.76. The molecule has 1 heterocycles. The van der Waals surface area contributed by atoms with Gasteiger partial charge in [0.15, 0.2) is 17.3 Å². The summed E-state index contributed by atoms with van der Waals surface area (Å²) >= 11 is 0. The summed E-state index contributed by atoms with van der Waals surface area (Å²) in [6.45, 7) is 5.50. The van der Waals surface area contributed by atoms with Crippen molar-refractivity contribution in [1.82, 2.24) is 5.32 Å².